The predicted octanol–water partition coefficient (Wildman–Crippen LogP) is 5.21. The molecule has 206 valence electrons. The summed E-state index contributed by atoms with van der Waals surface area (Å²) >= 11 is 0. The lowest BCUT2D eigenvalue weighted by Crippen LogP contribution is -2.47. The van der Waals surface area contributed by atoms with E-state index >= 15 is 8.78 Å². The Hall–Kier alpha value is -4.41. The molecule has 1 fully saturated rings. The van der Waals surface area contributed by atoms with E-state index in [-0.39, 0.29) is 23.2 Å². The van der Waals surface area contributed by atoms with Gasteiger partial charge < -0.3 is 20.3 Å². The number of anilines is 4. The highest BCUT2D eigenvalue weighted by atomic mass is 19.1. The highest BCUT2D eigenvalue weighted by Gasteiger charge is 2.20. The number of rotatable bonds is 9. The van der Waals surface area contributed by atoms with Gasteiger partial charge in [-0.3, -0.25) is 9.69 Å². The van der Waals surface area contributed by atoms with Crippen LogP contribution >= 0.6 is 0 Å². The van der Waals surface area contributed by atoms with Crippen LogP contribution in [-0.2, 0) is 9.53 Å². The van der Waals surface area contributed by atoms with Crippen molar-refractivity contribution in [2.75, 3.05) is 62.0 Å². The normalized spacial score (nSPS) is 13.8. The number of hydrogen-bond acceptors (Lipinski definition) is 7. The highest BCUT2D eigenvalue weighted by Crippen LogP contribution is 2.33. The lowest BCUT2D eigenvalue weighted by Gasteiger charge is -2.36. The van der Waals surface area contributed by atoms with Gasteiger partial charge >= 0.3 is 0 Å². The summed E-state index contributed by atoms with van der Waals surface area (Å²) in [6.45, 7) is 8.15. The van der Waals surface area contributed by atoms with E-state index in [4.69, 9.17) is 4.74 Å². The molecule has 0 spiro atoms. The maximum absolute atomic E-state index is 15.1. The fourth-order valence-corrected chi connectivity index (χ4v) is 4.76. The summed E-state index contributed by atoms with van der Waals surface area (Å²) in [6, 6.07) is 14.7. The smallest absolute Gasteiger partial charge is 0.247 e. The van der Waals surface area contributed by atoms with Gasteiger partial charge in [0.05, 0.1) is 17.8 Å². The maximum Gasteiger partial charge on any atom is 0.247 e. The SMILES string of the molecule is C=CC(=O)Nc1cccc(-c2c(F)ccc3cnc(Nc4ccc(N5CCN(CCOC)CC5)c(F)c4)nc23)c1. The Bertz CT molecular complexity index is 1540. The number of fused-ring (bicyclic) bond motifs is 1. The van der Waals surface area contributed by atoms with Crippen molar-refractivity contribution in [1.29, 1.82) is 0 Å². The van der Waals surface area contributed by atoms with E-state index in [9.17, 15) is 4.79 Å². The zero-order chi connectivity index (χ0) is 28.1. The molecule has 4 aromatic rings. The number of methoxy groups -OCH3 is 1. The summed E-state index contributed by atoms with van der Waals surface area (Å²) in [7, 11) is 1.69. The van der Waals surface area contributed by atoms with Crippen LogP contribution in [0.1, 0.15) is 0 Å². The van der Waals surface area contributed by atoms with Crippen LogP contribution in [0.5, 0.6) is 0 Å². The summed E-state index contributed by atoms with van der Waals surface area (Å²) in [4.78, 5) is 25.0. The summed E-state index contributed by atoms with van der Waals surface area (Å²) in [5.41, 5.74) is 2.71. The molecule has 5 rings (SSSR count). The van der Waals surface area contributed by atoms with E-state index in [1.54, 1.807) is 55.8 Å². The molecule has 0 atom stereocenters. The average molecular weight is 545 g/mol. The Morgan fingerprint density at radius 3 is 2.62 bits per heavy atom. The van der Waals surface area contributed by atoms with Crippen molar-refractivity contribution in [3.63, 3.8) is 0 Å². The maximum atomic E-state index is 15.1. The molecule has 1 amide bonds. The molecule has 2 heterocycles. The van der Waals surface area contributed by atoms with Crippen LogP contribution < -0.4 is 15.5 Å². The number of halogens is 2. The quantitative estimate of drug-likeness (QED) is 0.280. The largest absolute Gasteiger partial charge is 0.383 e. The van der Waals surface area contributed by atoms with Gasteiger partial charge in [-0.25, -0.2) is 18.7 Å². The van der Waals surface area contributed by atoms with Crippen LogP contribution in [0.3, 0.4) is 0 Å². The molecule has 0 aliphatic carbocycles. The van der Waals surface area contributed by atoms with E-state index < -0.39 is 5.82 Å². The van der Waals surface area contributed by atoms with Crippen molar-refractivity contribution in [3.8, 4) is 11.1 Å². The Morgan fingerprint density at radius 2 is 1.88 bits per heavy atom. The van der Waals surface area contributed by atoms with Crippen LogP contribution in [0.25, 0.3) is 22.0 Å². The standard InChI is InChI=1S/C30H30F2N6O2/c1-3-27(39)34-22-6-4-5-20(17-22)28-24(31)9-7-21-19-33-30(36-29(21)28)35-23-8-10-26(25(32)18-23)38-13-11-37(12-14-38)15-16-40-2/h3-10,17-19H,1,11-16H2,2H3,(H,34,39)(H,33,35,36). The van der Waals surface area contributed by atoms with Crippen LogP contribution in [0.2, 0.25) is 0 Å². The van der Waals surface area contributed by atoms with E-state index in [2.05, 4.69) is 32.1 Å². The minimum Gasteiger partial charge on any atom is -0.383 e. The first-order chi connectivity index (χ1) is 19.4. The first-order valence-electron chi connectivity index (χ1n) is 13.0. The van der Waals surface area contributed by atoms with Gasteiger partial charge in [0.1, 0.15) is 11.6 Å². The number of nitrogens with one attached hydrogen (secondary N) is 2. The fourth-order valence-electron chi connectivity index (χ4n) is 4.76. The van der Waals surface area contributed by atoms with E-state index in [1.807, 2.05) is 4.90 Å². The van der Waals surface area contributed by atoms with Crippen molar-refractivity contribution in [2.45, 2.75) is 0 Å². The first kappa shape index (κ1) is 27.2. The van der Waals surface area contributed by atoms with Gasteiger partial charge in [0.25, 0.3) is 0 Å². The van der Waals surface area contributed by atoms with E-state index in [0.717, 1.165) is 38.8 Å². The Kier molecular flexibility index (Phi) is 8.28. The zero-order valence-corrected chi connectivity index (χ0v) is 22.2. The van der Waals surface area contributed by atoms with E-state index in [0.29, 0.717) is 40.1 Å². The lowest BCUT2D eigenvalue weighted by molar-refractivity contribution is -0.111. The lowest BCUT2D eigenvalue weighted by atomic mass is 10.0. The summed E-state index contributed by atoms with van der Waals surface area (Å²) < 4.78 is 35.4. The number of amides is 1. The third-order valence-electron chi connectivity index (χ3n) is 6.83. The molecule has 0 saturated carbocycles. The summed E-state index contributed by atoms with van der Waals surface area (Å²) in [5.74, 6) is -0.982. The van der Waals surface area contributed by atoms with Crippen LogP contribution in [0, 0.1) is 11.6 Å². The third-order valence-corrected chi connectivity index (χ3v) is 6.83. The van der Waals surface area contributed by atoms with Crippen molar-refractivity contribution in [3.05, 3.63) is 85.1 Å². The Labute approximate surface area is 231 Å². The third kappa shape index (κ3) is 6.08. The first-order valence-corrected chi connectivity index (χ1v) is 13.0. The molecule has 3 aromatic carbocycles. The molecule has 10 heteroatoms. The Balaban J connectivity index is 1.37. The molecule has 40 heavy (non-hydrogen) atoms. The number of benzene rings is 3. The number of nitrogens with zero attached hydrogens (tertiary/aromatic N) is 4. The predicted molar refractivity (Wildman–Crippen MR) is 154 cm³/mol. The Morgan fingerprint density at radius 1 is 1.05 bits per heavy atom. The molecule has 1 aliphatic heterocycles. The molecule has 8 nitrogen and oxygen atoms in total. The van der Waals surface area contributed by atoms with E-state index in [1.165, 1.54) is 12.1 Å². The van der Waals surface area contributed by atoms with Gasteiger partial charge in [-0.15, -0.1) is 0 Å². The second-order valence-electron chi connectivity index (χ2n) is 9.44. The minimum absolute atomic E-state index is 0.203. The van der Waals surface area contributed by atoms with Crippen molar-refractivity contribution < 1.29 is 18.3 Å². The van der Waals surface area contributed by atoms with Crippen molar-refractivity contribution in [1.82, 2.24) is 14.9 Å². The van der Waals surface area contributed by atoms with Crippen LogP contribution in [-0.4, -0.2) is 67.2 Å². The number of hydrogen-bond donors (Lipinski definition) is 2. The van der Waals surface area contributed by atoms with Gasteiger partial charge in [0.15, 0.2) is 0 Å². The highest BCUT2D eigenvalue weighted by molar-refractivity contribution is 6.00. The van der Waals surface area contributed by atoms with Gasteiger partial charge in [-0.2, -0.15) is 0 Å². The molecule has 1 aliphatic rings. The van der Waals surface area contributed by atoms with Crippen molar-refractivity contribution >= 4 is 39.8 Å². The number of ether oxygens (including phenoxy) is 1. The number of aromatic nitrogens is 2. The monoisotopic (exact) mass is 544 g/mol. The van der Waals surface area contributed by atoms with Crippen LogP contribution in [0.4, 0.5) is 31.8 Å². The topological polar surface area (TPSA) is 82.6 Å². The van der Waals surface area contributed by atoms with Crippen molar-refractivity contribution in [2.24, 2.45) is 0 Å². The second kappa shape index (κ2) is 12.2. The van der Waals surface area contributed by atoms with Gasteiger partial charge in [0.2, 0.25) is 11.9 Å². The summed E-state index contributed by atoms with van der Waals surface area (Å²) in [6.07, 6.45) is 2.75. The molecule has 0 radical (unpaired) electrons. The number of carbonyl (C=O) groups excluding carboxylic acids is 1. The fraction of sp³-hybridized carbons (Fsp3) is 0.233. The number of carbonyl (C=O) groups is 1. The molecule has 1 saturated heterocycles. The molecule has 1 aromatic heterocycles. The van der Waals surface area contributed by atoms with Gasteiger partial charge in [-0.05, 0) is 54.1 Å². The van der Waals surface area contributed by atoms with Gasteiger partial charge in [0, 0.05) is 68.4 Å². The summed E-state index contributed by atoms with van der Waals surface area (Å²) in [5, 5.41) is 6.37. The number of piperazine rings is 1. The van der Waals surface area contributed by atoms with Crippen LogP contribution in [0.15, 0.2) is 73.4 Å². The van der Waals surface area contributed by atoms with Gasteiger partial charge in [-0.1, -0.05) is 18.7 Å². The molecule has 0 unspecified atom stereocenters. The molecular formula is C30H30F2N6O2. The molecule has 2 N–H and O–H groups in total. The molecule has 0 bridgehead atoms. The second-order valence-corrected chi connectivity index (χ2v) is 9.44. The molecular weight excluding hydrogens is 514 g/mol. The average Bonchev–Trinajstić information content (AvgIpc) is 2.96. The minimum atomic E-state index is -0.470. The zero-order valence-electron chi connectivity index (χ0n) is 22.2.